The van der Waals surface area contributed by atoms with E-state index in [1.54, 1.807) is 18.5 Å². The van der Waals surface area contributed by atoms with E-state index < -0.39 is 5.41 Å². The van der Waals surface area contributed by atoms with Crippen molar-refractivity contribution in [1.82, 2.24) is 14.9 Å². The largest absolute Gasteiger partial charge is 0.374 e. The van der Waals surface area contributed by atoms with Crippen LogP contribution in [0.3, 0.4) is 0 Å². The fraction of sp³-hybridized carbons (Fsp3) is 0.667. The number of hydrogen-bond donors (Lipinski definition) is 0. The molecule has 0 aromatic carbocycles. The van der Waals surface area contributed by atoms with Crippen molar-refractivity contribution in [2.45, 2.75) is 31.8 Å². The Labute approximate surface area is 147 Å². The molecule has 132 valence electrons. The van der Waals surface area contributed by atoms with Crippen LogP contribution in [0.1, 0.15) is 25.7 Å². The Morgan fingerprint density at radius 2 is 2.00 bits per heavy atom. The fourth-order valence-electron chi connectivity index (χ4n) is 4.35. The Hall–Kier alpha value is -2.20. The molecule has 3 aliphatic rings. The Balaban J connectivity index is 1.47. The molecule has 1 aliphatic carbocycles. The average Bonchev–Trinajstić information content (AvgIpc) is 3.25. The topological polar surface area (TPSA) is 82.4 Å². The average molecular weight is 341 g/mol. The van der Waals surface area contributed by atoms with Crippen LogP contribution in [0.4, 0.5) is 5.95 Å². The third-order valence-corrected chi connectivity index (χ3v) is 5.73. The molecule has 7 heteroatoms. The van der Waals surface area contributed by atoms with Crippen LogP contribution in [-0.4, -0.2) is 59.7 Å². The molecule has 0 N–H and O–H groups in total. The predicted octanol–water partition coefficient (Wildman–Crippen LogP) is 1.22. The Kier molecular flexibility index (Phi) is 4.30. The molecule has 2 saturated heterocycles. The van der Waals surface area contributed by atoms with Gasteiger partial charge in [-0.25, -0.2) is 9.97 Å². The van der Waals surface area contributed by atoms with Gasteiger partial charge in [-0.05, 0) is 18.9 Å². The summed E-state index contributed by atoms with van der Waals surface area (Å²) in [4.78, 5) is 25.7. The molecule has 2 atom stereocenters. The lowest BCUT2D eigenvalue weighted by Gasteiger charge is -2.27. The van der Waals surface area contributed by atoms with E-state index in [0.717, 1.165) is 25.9 Å². The van der Waals surface area contributed by atoms with Crippen molar-refractivity contribution in [3.05, 3.63) is 18.5 Å². The number of ether oxygens (including phenoxy) is 1. The van der Waals surface area contributed by atoms with E-state index in [1.807, 2.05) is 4.90 Å². The van der Waals surface area contributed by atoms with Crippen molar-refractivity contribution in [3.8, 4) is 6.07 Å². The molecule has 3 heterocycles. The van der Waals surface area contributed by atoms with Gasteiger partial charge < -0.3 is 14.5 Å². The monoisotopic (exact) mass is 341 g/mol. The number of rotatable bonds is 2. The second-order valence-electron chi connectivity index (χ2n) is 7.28. The normalized spacial score (nSPS) is 28.3. The van der Waals surface area contributed by atoms with Crippen LogP contribution < -0.4 is 4.90 Å². The maximum atomic E-state index is 13.0. The molecule has 4 rings (SSSR count). The number of fused-ring (bicyclic) bond motifs is 1. The summed E-state index contributed by atoms with van der Waals surface area (Å²) in [6.07, 6.45) is 6.85. The van der Waals surface area contributed by atoms with Gasteiger partial charge in [-0.2, -0.15) is 5.26 Å². The van der Waals surface area contributed by atoms with E-state index in [1.165, 1.54) is 0 Å². The number of nitriles is 1. The van der Waals surface area contributed by atoms with Gasteiger partial charge in [0, 0.05) is 44.5 Å². The molecule has 0 bridgehead atoms. The fourth-order valence-corrected chi connectivity index (χ4v) is 4.35. The van der Waals surface area contributed by atoms with Crippen LogP contribution in [0.5, 0.6) is 0 Å². The maximum Gasteiger partial charge on any atom is 0.243 e. The van der Waals surface area contributed by atoms with Crippen LogP contribution in [0.15, 0.2) is 18.5 Å². The smallest absolute Gasteiger partial charge is 0.243 e. The zero-order valence-electron chi connectivity index (χ0n) is 14.3. The van der Waals surface area contributed by atoms with Gasteiger partial charge >= 0.3 is 0 Å². The first-order chi connectivity index (χ1) is 12.2. The first-order valence-corrected chi connectivity index (χ1v) is 9.06. The minimum atomic E-state index is -0.800. The summed E-state index contributed by atoms with van der Waals surface area (Å²) in [5.74, 6) is 0.944. The molecule has 7 nitrogen and oxygen atoms in total. The summed E-state index contributed by atoms with van der Waals surface area (Å²) in [5, 5.41) is 9.59. The zero-order valence-corrected chi connectivity index (χ0v) is 14.3. The molecule has 25 heavy (non-hydrogen) atoms. The lowest BCUT2D eigenvalue weighted by molar-refractivity contribution is -0.138. The Morgan fingerprint density at radius 3 is 2.72 bits per heavy atom. The highest BCUT2D eigenvalue weighted by molar-refractivity contribution is 5.86. The molecular formula is C18H23N5O2. The van der Waals surface area contributed by atoms with Crippen molar-refractivity contribution in [2.24, 2.45) is 11.3 Å². The summed E-state index contributed by atoms with van der Waals surface area (Å²) >= 11 is 0. The predicted molar refractivity (Wildman–Crippen MR) is 90.6 cm³/mol. The highest BCUT2D eigenvalue weighted by Crippen LogP contribution is 2.40. The van der Waals surface area contributed by atoms with Crippen molar-refractivity contribution in [1.29, 1.82) is 5.26 Å². The standard InChI is InChI=1S/C18H23N5O2/c19-13-18(4-1-2-5-18)16(24)23-11-14-10-22(8-9-25-15(14)12-23)17-20-6-3-7-21-17/h3,6-7,14-15H,1-2,4-5,8-12H2/t14-,15+/m0/s1. The highest BCUT2D eigenvalue weighted by atomic mass is 16.5. The molecule has 0 radical (unpaired) electrons. The number of aromatic nitrogens is 2. The highest BCUT2D eigenvalue weighted by Gasteiger charge is 2.48. The summed E-state index contributed by atoms with van der Waals surface area (Å²) in [5.41, 5.74) is -0.800. The number of amides is 1. The van der Waals surface area contributed by atoms with Gasteiger partial charge in [0.1, 0.15) is 5.41 Å². The first-order valence-electron chi connectivity index (χ1n) is 9.06. The van der Waals surface area contributed by atoms with Gasteiger partial charge in [-0.3, -0.25) is 4.79 Å². The lowest BCUT2D eigenvalue weighted by atomic mass is 9.86. The SMILES string of the molecule is N#CC1(C(=O)N2C[C@@H]3CN(c4ncccn4)CCO[C@@H]3C2)CCCC1. The van der Waals surface area contributed by atoms with Crippen LogP contribution in [0.25, 0.3) is 0 Å². The number of likely N-dealkylation sites (tertiary alicyclic amines) is 1. The van der Waals surface area contributed by atoms with Gasteiger partial charge in [0.05, 0.1) is 18.8 Å². The van der Waals surface area contributed by atoms with E-state index in [9.17, 15) is 10.1 Å². The van der Waals surface area contributed by atoms with E-state index in [0.29, 0.717) is 38.5 Å². The Bertz CT molecular complexity index is 668. The van der Waals surface area contributed by atoms with Crippen LogP contribution in [-0.2, 0) is 9.53 Å². The maximum absolute atomic E-state index is 13.0. The Morgan fingerprint density at radius 1 is 1.24 bits per heavy atom. The van der Waals surface area contributed by atoms with Crippen molar-refractivity contribution < 1.29 is 9.53 Å². The second-order valence-corrected chi connectivity index (χ2v) is 7.28. The number of carbonyl (C=O) groups excluding carboxylic acids is 1. The number of hydrogen-bond acceptors (Lipinski definition) is 6. The van der Waals surface area contributed by atoms with Crippen molar-refractivity contribution in [3.63, 3.8) is 0 Å². The van der Waals surface area contributed by atoms with Gasteiger partial charge in [0.15, 0.2) is 0 Å². The quantitative estimate of drug-likeness (QED) is 0.804. The third kappa shape index (κ3) is 2.95. The van der Waals surface area contributed by atoms with E-state index >= 15 is 0 Å². The lowest BCUT2D eigenvalue weighted by Crippen LogP contribution is -2.42. The molecule has 3 fully saturated rings. The van der Waals surface area contributed by atoms with Crippen LogP contribution >= 0.6 is 0 Å². The molecule has 1 saturated carbocycles. The first kappa shape index (κ1) is 16.3. The molecule has 1 aromatic rings. The summed E-state index contributed by atoms with van der Waals surface area (Å²) in [6, 6.07) is 4.13. The second kappa shape index (κ2) is 6.60. The molecular weight excluding hydrogens is 318 g/mol. The van der Waals surface area contributed by atoms with Crippen molar-refractivity contribution in [2.75, 3.05) is 37.7 Å². The van der Waals surface area contributed by atoms with E-state index in [-0.39, 0.29) is 17.9 Å². The molecule has 1 amide bonds. The van der Waals surface area contributed by atoms with Crippen LogP contribution in [0, 0.1) is 22.7 Å². The number of nitrogens with zero attached hydrogens (tertiary/aromatic N) is 5. The zero-order chi connectivity index (χ0) is 17.3. The number of anilines is 1. The minimum absolute atomic E-state index is 0.00619. The molecule has 0 spiro atoms. The summed E-state index contributed by atoms with van der Waals surface area (Å²) in [6.45, 7) is 3.38. The molecule has 1 aromatic heterocycles. The van der Waals surface area contributed by atoms with E-state index in [2.05, 4.69) is 20.9 Å². The van der Waals surface area contributed by atoms with Gasteiger partial charge in [0.2, 0.25) is 11.9 Å². The van der Waals surface area contributed by atoms with Crippen molar-refractivity contribution >= 4 is 11.9 Å². The van der Waals surface area contributed by atoms with Gasteiger partial charge in [-0.15, -0.1) is 0 Å². The molecule has 0 unspecified atom stereocenters. The summed E-state index contributed by atoms with van der Waals surface area (Å²) < 4.78 is 6.01. The van der Waals surface area contributed by atoms with E-state index in [4.69, 9.17) is 4.74 Å². The van der Waals surface area contributed by atoms with Gasteiger partial charge in [0.25, 0.3) is 0 Å². The third-order valence-electron chi connectivity index (χ3n) is 5.73. The molecule has 2 aliphatic heterocycles. The van der Waals surface area contributed by atoms with Crippen LogP contribution in [0.2, 0.25) is 0 Å². The number of carbonyl (C=O) groups is 1. The minimum Gasteiger partial charge on any atom is -0.374 e. The summed E-state index contributed by atoms with van der Waals surface area (Å²) in [7, 11) is 0. The van der Waals surface area contributed by atoms with Gasteiger partial charge in [-0.1, -0.05) is 12.8 Å².